The summed E-state index contributed by atoms with van der Waals surface area (Å²) < 4.78 is 5.15. The molecule has 0 spiro atoms. The second kappa shape index (κ2) is 11.0. The molecule has 7 nitrogen and oxygen atoms in total. The molecule has 0 saturated heterocycles. The van der Waals surface area contributed by atoms with Crippen molar-refractivity contribution in [1.82, 2.24) is 20.2 Å². The molecule has 2 heterocycles. The Morgan fingerprint density at radius 3 is 2.22 bits per heavy atom. The third kappa shape index (κ3) is 6.14. The Balaban J connectivity index is 1.81. The van der Waals surface area contributed by atoms with Gasteiger partial charge in [0.1, 0.15) is 11.8 Å². The number of rotatable bonds is 9. The van der Waals surface area contributed by atoms with Crippen molar-refractivity contribution in [2.75, 3.05) is 7.11 Å². The summed E-state index contributed by atoms with van der Waals surface area (Å²) in [6, 6.07) is 13.7. The van der Waals surface area contributed by atoms with E-state index in [4.69, 9.17) is 4.74 Å². The summed E-state index contributed by atoms with van der Waals surface area (Å²) in [6.07, 6.45) is 6.85. The number of amides is 2. The van der Waals surface area contributed by atoms with Gasteiger partial charge in [0.15, 0.2) is 0 Å². The van der Waals surface area contributed by atoms with Crippen LogP contribution in [-0.2, 0) is 17.9 Å². The highest BCUT2D eigenvalue weighted by atomic mass is 16.5. The van der Waals surface area contributed by atoms with Crippen molar-refractivity contribution in [3.63, 3.8) is 0 Å². The molecule has 2 aromatic heterocycles. The monoisotopic (exact) mass is 432 g/mol. The first kappa shape index (κ1) is 22.9. The first-order valence-electron chi connectivity index (χ1n) is 10.5. The number of nitrogens with zero attached hydrogens (tertiary/aromatic N) is 3. The van der Waals surface area contributed by atoms with Crippen LogP contribution in [0.25, 0.3) is 0 Å². The number of carbonyl (C=O) groups is 2. The van der Waals surface area contributed by atoms with Gasteiger partial charge in [-0.05, 0) is 59.5 Å². The van der Waals surface area contributed by atoms with Crippen LogP contribution in [0.15, 0.2) is 73.3 Å². The number of hydrogen-bond acceptors (Lipinski definition) is 5. The topological polar surface area (TPSA) is 84.4 Å². The summed E-state index contributed by atoms with van der Waals surface area (Å²) in [5, 5.41) is 2.92. The molecule has 7 heteroatoms. The van der Waals surface area contributed by atoms with Gasteiger partial charge in [0, 0.05) is 43.4 Å². The van der Waals surface area contributed by atoms with Crippen LogP contribution in [0.4, 0.5) is 0 Å². The number of hydrogen-bond donors (Lipinski definition) is 1. The van der Waals surface area contributed by atoms with Crippen molar-refractivity contribution in [3.8, 4) is 5.75 Å². The van der Waals surface area contributed by atoms with Gasteiger partial charge in [0.2, 0.25) is 5.91 Å². The fraction of sp³-hybridized carbons (Fsp3) is 0.280. The van der Waals surface area contributed by atoms with E-state index in [1.807, 2.05) is 38.1 Å². The van der Waals surface area contributed by atoms with Crippen molar-refractivity contribution in [3.05, 3.63) is 90.0 Å². The predicted octanol–water partition coefficient (Wildman–Crippen LogP) is 3.47. The van der Waals surface area contributed by atoms with E-state index in [9.17, 15) is 9.59 Å². The minimum absolute atomic E-state index is 0.0986. The summed E-state index contributed by atoms with van der Waals surface area (Å²) in [6.45, 7) is 4.63. The number of carbonyl (C=O) groups excluding carboxylic acids is 2. The summed E-state index contributed by atoms with van der Waals surface area (Å²) in [5.41, 5.74) is 2.34. The van der Waals surface area contributed by atoms with E-state index in [-0.39, 0.29) is 17.7 Å². The Morgan fingerprint density at radius 1 is 0.938 bits per heavy atom. The van der Waals surface area contributed by atoms with Gasteiger partial charge in [0.05, 0.1) is 7.11 Å². The number of pyridine rings is 2. The summed E-state index contributed by atoms with van der Waals surface area (Å²) in [4.78, 5) is 36.4. The van der Waals surface area contributed by atoms with Crippen LogP contribution in [0.5, 0.6) is 5.75 Å². The van der Waals surface area contributed by atoms with E-state index in [0.29, 0.717) is 24.4 Å². The molecular weight excluding hydrogens is 404 g/mol. The molecule has 1 N–H and O–H groups in total. The highest BCUT2D eigenvalue weighted by Gasteiger charge is 2.29. The Kier molecular flexibility index (Phi) is 7.91. The maximum absolute atomic E-state index is 13.6. The molecule has 0 radical (unpaired) electrons. The Hall–Kier alpha value is -3.74. The van der Waals surface area contributed by atoms with Gasteiger partial charge in [-0.25, -0.2) is 0 Å². The molecule has 3 rings (SSSR count). The minimum Gasteiger partial charge on any atom is -0.497 e. The van der Waals surface area contributed by atoms with Crippen LogP contribution in [0.2, 0.25) is 0 Å². The summed E-state index contributed by atoms with van der Waals surface area (Å²) in [5.74, 6) is 0.115. The van der Waals surface area contributed by atoms with E-state index in [0.717, 1.165) is 11.1 Å². The minimum atomic E-state index is -0.678. The van der Waals surface area contributed by atoms with Crippen molar-refractivity contribution in [2.45, 2.75) is 33.0 Å². The number of nitrogens with one attached hydrogen (secondary N) is 1. The van der Waals surface area contributed by atoms with Gasteiger partial charge in [-0.2, -0.15) is 0 Å². The molecular formula is C25H28N4O3. The molecule has 0 fully saturated rings. The molecule has 0 aliphatic rings. The average Bonchev–Trinajstić information content (AvgIpc) is 2.82. The first-order chi connectivity index (χ1) is 15.5. The lowest BCUT2D eigenvalue weighted by Crippen LogP contribution is -2.50. The van der Waals surface area contributed by atoms with Gasteiger partial charge in [-0.15, -0.1) is 0 Å². The fourth-order valence-electron chi connectivity index (χ4n) is 3.31. The maximum Gasteiger partial charge on any atom is 0.251 e. The fourth-order valence-corrected chi connectivity index (χ4v) is 3.31. The van der Waals surface area contributed by atoms with Crippen LogP contribution < -0.4 is 10.1 Å². The normalized spacial score (nSPS) is 11.6. The second-order valence-electron chi connectivity index (χ2n) is 7.83. The molecule has 32 heavy (non-hydrogen) atoms. The lowest BCUT2D eigenvalue weighted by Gasteiger charge is -2.30. The van der Waals surface area contributed by atoms with Crippen molar-refractivity contribution in [2.24, 2.45) is 5.92 Å². The summed E-state index contributed by atoms with van der Waals surface area (Å²) in [7, 11) is 1.57. The van der Waals surface area contributed by atoms with E-state index in [1.54, 1.807) is 61.1 Å². The molecule has 0 saturated carbocycles. The molecule has 0 aliphatic carbocycles. The number of ether oxygens (including phenoxy) is 1. The van der Waals surface area contributed by atoms with E-state index in [2.05, 4.69) is 15.3 Å². The van der Waals surface area contributed by atoms with Crippen LogP contribution in [0.1, 0.15) is 35.3 Å². The molecule has 0 bridgehead atoms. The molecule has 1 unspecified atom stereocenters. The average molecular weight is 433 g/mol. The number of methoxy groups -OCH3 is 1. The standard InChI is InChI=1S/C25H28N4O3/c1-18(2)23(28-24(30)21-6-8-22(32-3)9-7-21)25(31)29(16-19-10-13-26-14-11-19)17-20-5-4-12-27-15-20/h4-15,18,23H,16-17H2,1-3H3,(H,28,30). The van der Waals surface area contributed by atoms with Crippen molar-refractivity contribution < 1.29 is 14.3 Å². The molecule has 1 atom stereocenters. The third-order valence-corrected chi connectivity index (χ3v) is 5.10. The Bertz CT molecular complexity index is 967. The van der Waals surface area contributed by atoms with Crippen molar-refractivity contribution in [1.29, 1.82) is 0 Å². The van der Waals surface area contributed by atoms with Gasteiger partial charge < -0.3 is 15.0 Å². The van der Waals surface area contributed by atoms with Gasteiger partial charge in [-0.3, -0.25) is 19.6 Å². The highest BCUT2D eigenvalue weighted by molar-refractivity contribution is 5.97. The van der Waals surface area contributed by atoms with Crippen LogP contribution in [-0.4, -0.2) is 39.8 Å². The zero-order valence-corrected chi connectivity index (χ0v) is 18.6. The summed E-state index contributed by atoms with van der Waals surface area (Å²) >= 11 is 0. The third-order valence-electron chi connectivity index (χ3n) is 5.10. The molecule has 166 valence electrons. The van der Waals surface area contributed by atoms with E-state index < -0.39 is 6.04 Å². The number of aromatic nitrogens is 2. The van der Waals surface area contributed by atoms with Gasteiger partial charge in [-0.1, -0.05) is 19.9 Å². The smallest absolute Gasteiger partial charge is 0.251 e. The molecule has 2 amide bonds. The first-order valence-corrected chi connectivity index (χ1v) is 10.5. The predicted molar refractivity (Wildman–Crippen MR) is 122 cm³/mol. The lowest BCUT2D eigenvalue weighted by molar-refractivity contribution is -0.135. The largest absolute Gasteiger partial charge is 0.497 e. The number of benzene rings is 1. The quantitative estimate of drug-likeness (QED) is 0.560. The lowest BCUT2D eigenvalue weighted by atomic mass is 10.0. The zero-order valence-electron chi connectivity index (χ0n) is 18.6. The Labute approximate surface area is 188 Å². The van der Waals surface area contributed by atoms with Gasteiger partial charge in [0.25, 0.3) is 5.91 Å². The molecule has 3 aromatic rings. The Morgan fingerprint density at radius 2 is 1.62 bits per heavy atom. The highest BCUT2D eigenvalue weighted by Crippen LogP contribution is 2.16. The van der Waals surface area contributed by atoms with Crippen LogP contribution in [0.3, 0.4) is 0 Å². The SMILES string of the molecule is COc1ccc(C(=O)NC(C(=O)N(Cc2ccncc2)Cc2cccnc2)C(C)C)cc1. The molecule has 0 aliphatic heterocycles. The molecule has 1 aromatic carbocycles. The zero-order chi connectivity index (χ0) is 22.9. The van der Waals surface area contributed by atoms with Crippen molar-refractivity contribution >= 4 is 11.8 Å². The van der Waals surface area contributed by atoms with Gasteiger partial charge >= 0.3 is 0 Å². The van der Waals surface area contributed by atoms with Crippen LogP contribution >= 0.6 is 0 Å². The second-order valence-corrected chi connectivity index (χ2v) is 7.83. The maximum atomic E-state index is 13.6. The van der Waals surface area contributed by atoms with Crippen LogP contribution in [0, 0.1) is 5.92 Å². The van der Waals surface area contributed by atoms with E-state index >= 15 is 0 Å². The van der Waals surface area contributed by atoms with E-state index in [1.165, 1.54) is 0 Å².